The standard InChI is InChI=1S/C19H22N2O3S/c1-3-14-9-10-16(13-15(14)4-2)25(23,24)21-12-11-20-19(22)17-7-5-6-8-18(17)21/h5-10,13H,3-4,11-12H2,1-2H3,(H,20,22). The maximum absolute atomic E-state index is 13.3. The van der Waals surface area contributed by atoms with E-state index < -0.39 is 10.0 Å². The van der Waals surface area contributed by atoms with E-state index in [1.165, 1.54) is 4.31 Å². The van der Waals surface area contributed by atoms with Gasteiger partial charge in [0.2, 0.25) is 0 Å². The highest BCUT2D eigenvalue weighted by atomic mass is 32.2. The highest BCUT2D eigenvalue weighted by Gasteiger charge is 2.30. The number of aryl methyl sites for hydroxylation is 2. The molecule has 1 amide bonds. The van der Waals surface area contributed by atoms with Crippen molar-refractivity contribution in [1.29, 1.82) is 0 Å². The number of nitrogens with zero attached hydrogens (tertiary/aromatic N) is 1. The third-order valence-electron chi connectivity index (χ3n) is 4.55. The molecule has 2 aromatic carbocycles. The second-order valence-electron chi connectivity index (χ2n) is 5.99. The van der Waals surface area contributed by atoms with Gasteiger partial charge in [0, 0.05) is 6.54 Å². The number of anilines is 1. The number of amides is 1. The quantitative estimate of drug-likeness (QED) is 0.914. The second-order valence-corrected chi connectivity index (χ2v) is 7.85. The molecule has 0 fully saturated rings. The predicted octanol–water partition coefficient (Wildman–Crippen LogP) is 2.75. The Hall–Kier alpha value is -2.34. The van der Waals surface area contributed by atoms with Gasteiger partial charge in [-0.1, -0.05) is 32.0 Å². The lowest BCUT2D eigenvalue weighted by atomic mass is 10.0. The van der Waals surface area contributed by atoms with Crippen LogP contribution in [-0.2, 0) is 22.9 Å². The molecule has 0 spiro atoms. The zero-order chi connectivity index (χ0) is 18.0. The summed E-state index contributed by atoms with van der Waals surface area (Å²) in [5, 5.41) is 2.75. The van der Waals surface area contributed by atoms with Crippen molar-refractivity contribution in [3.63, 3.8) is 0 Å². The Balaban J connectivity index is 2.11. The summed E-state index contributed by atoms with van der Waals surface area (Å²) in [6.07, 6.45) is 1.65. The summed E-state index contributed by atoms with van der Waals surface area (Å²) in [4.78, 5) is 12.4. The highest BCUT2D eigenvalue weighted by molar-refractivity contribution is 7.92. The van der Waals surface area contributed by atoms with Gasteiger partial charge in [-0.2, -0.15) is 0 Å². The number of carbonyl (C=O) groups excluding carboxylic acids is 1. The Labute approximate surface area is 148 Å². The average Bonchev–Trinajstić information content (AvgIpc) is 2.80. The molecule has 132 valence electrons. The first-order valence-electron chi connectivity index (χ1n) is 8.50. The molecule has 0 aromatic heterocycles. The fourth-order valence-corrected chi connectivity index (χ4v) is 4.72. The maximum Gasteiger partial charge on any atom is 0.264 e. The summed E-state index contributed by atoms with van der Waals surface area (Å²) in [6.45, 7) is 4.57. The number of hydrogen-bond donors (Lipinski definition) is 1. The first kappa shape index (κ1) is 17.5. The Morgan fingerprint density at radius 1 is 1.04 bits per heavy atom. The van der Waals surface area contributed by atoms with Crippen molar-refractivity contribution in [2.24, 2.45) is 0 Å². The van der Waals surface area contributed by atoms with E-state index in [1.54, 1.807) is 36.4 Å². The molecule has 1 heterocycles. The topological polar surface area (TPSA) is 66.5 Å². The fourth-order valence-electron chi connectivity index (χ4n) is 3.18. The van der Waals surface area contributed by atoms with E-state index in [4.69, 9.17) is 0 Å². The number of benzene rings is 2. The lowest BCUT2D eigenvalue weighted by Crippen LogP contribution is -2.35. The van der Waals surface area contributed by atoms with Crippen LogP contribution in [0.5, 0.6) is 0 Å². The molecule has 1 N–H and O–H groups in total. The number of sulfonamides is 1. The highest BCUT2D eigenvalue weighted by Crippen LogP contribution is 2.29. The Bertz CT molecular complexity index is 907. The van der Waals surface area contributed by atoms with E-state index >= 15 is 0 Å². The zero-order valence-corrected chi connectivity index (χ0v) is 15.3. The third kappa shape index (κ3) is 3.14. The third-order valence-corrected chi connectivity index (χ3v) is 6.35. The number of rotatable bonds is 4. The molecule has 25 heavy (non-hydrogen) atoms. The van der Waals surface area contributed by atoms with E-state index in [1.807, 2.05) is 13.0 Å². The van der Waals surface area contributed by atoms with Gasteiger partial charge in [0.25, 0.3) is 15.9 Å². The van der Waals surface area contributed by atoms with Gasteiger partial charge in [-0.15, -0.1) is 0 Å². The largest absolute Gasteiger partial charge is 0.350 e. The Kier molecular flexibility index (Phi) is 4.81. The molecule has 1 aliphatic rings. The lowest BCUT2D eigenvalue weighted by Gasteiger charge is -2.24. The smallest absolute Gasteiger partial charge is 0.264 e. The van der Waals surface area contributed by atoms with Crippen LogP contribution in [-0.4, -0.2) is 27.4 Å². The van der Waals surface area contributed by atoms with E-state index in [2.05, 4.69) is 12.2 Å². The first-order valence-corrected chi connectivity index (χ1v) is 9.94. The van der Waals surface area contributed by atoms with Crippen molar-refractivity contribution in [1.82, 2.24) is 5.32 Å². The summed E-state index contributed by atoms with van der Waals surface area (Å²) >= 11 is 0. The molecular formula is C19H22N2O3S. The normalized spacial score (nSPS) is 14.6. The van der Waals surface area contributed by atoms with Gasteiger partial charge < -0.3 is 5.32 Å². The minimum absolute atomic E-state index is 0.210. The minimum atomic E-state index is -3.74. The van der Waals surface area contributed by atoms with Crippen LogP contribution in [0.15, 0.2) is 47.4 Å². The number of fused-ring (bicyclic) bond motifs is 1. The van der Waals surface area contributed by atoms with Crippen LogP contribution in [0.25, 0.3) is 0 Å². The van der Waals surface area contributed by atoms with Crippen LogP contribution in [0.1, 0.15) is 35.3 Å². The molecule has 1 aliphatic heterocycles. The molecule has 0 bridgehead atoms. The Morgan fingerprint density at radius 3 is 2.48 bits per heavy atom. The van der Waals surface area contributed by atoms with Crippen molar-refractivity contribution < 1.29 is 13.2 Å². The van der Waals surface area contributed by atoms with Gasteiger partial charge in [-0.05, 0) is 48.2 Å². The van der Waals surface area contributed by atoms with Crippen LogP contribution in [0.4, 0.5) is 5.69 Å². The van der Waals surface area contributed by atoms with Crippen molar-refractivity contribution in [2.75, 3.05) is 17.4 Å². The van der Waals surface area contributed by atoms with E-state index in [0.29, 0.717) is 11.3 Å². The molecule has 5 nitrogen and oxygen atoms in total. The Morgan fingerprint density at radius 2 is 1.76 bits per heavy atom. The summed E-state index contributed by atoms with van der Waals surface area (Å²) < 4.78 is 27.9. The van der Waals surface area contributed by atoms with Crippen molar-refractivity contribution in [3.05, 3.63) is 59.2 Å². The molecule has 0 radical (unpaired) electrons. The molecule has 0 aliphatic carbocycles. The van der Waals surface area contributed by atoms with Crippen LogP contribution in [0.3, 0.4) is 0 Å². The van der Waals surface area contributed by atoms with Crippen LogP contribution in [0, 0.1) is 0 Å². The molecule has 0 saturated heterocycles. The predicted molar refractivity (Wildman–Crippen MR) is 98.5 cm³/mol. The SMILES string of the molecule is CCc1ccc(S(=O)(=O)N2CCNC(=O)c3ccccc32)cc1CC. The minimum Gasteiger partial charge on any atom is -0.350 e. The lowest BCUT2D eigenvalue weighted by molar-refractivity contribution is 0.0958. The fraction of sp³-hybridized carbons (Fsp3) is 0.316. The summed E-state index contributed by atoms with van der Waals surface area (Å²) in [7, 11) is -3.74. The van der Waals surface area contributed by atoms with Crippen LogP contribution in [0.2, 0.25) is 0 Å². The van der Waals surface area contributed by atoms with Gasteiger partial charge in [0.1, 0.15) is 0 Å². The summed E-state index contributed by atoms with van der Waals surface area (Å²) in [6, 6.07) is 12.1. The number of para-hydroxylation sites is 1. The molecule has 3 rings (SSSR count). The zero-order valence-electron chi connectivity index (χ0n) is 14.5. The van der Waals surface area contributed by atoms with Crippen LogP contribution >= 0.6 is 0 Å². The molecular weight excluding hydrogens is 336 g/mol. The molecule has 0 atom stereocenters. The first-order chi connectivity index (χ1) is 12.0. The van der Waals surface area contributed by atoms with Crippen LogP contribution < -0.4 is 9.62 Å². The van der Waals surface area contributed by atoms with Gasteiger partial charge in [0.05, 0.1) is 22.7 Å². The van der Waals surface area contributed by atoms with Gasteiger partial charge in [0.15, 0.2) is 0 Å². The van der Waals surface area contributed by atoms with Crippen molar-refractivity contribution in [2.45, 2.75) is 31.6 Å². The molecule has 6 heteroatoms. The van der Waals surface area contributed by atoms with E-state index in [9.17, 15) is 13.2 Å². The van der Waals surface area contributed by atoms with E-state index in [0.717, 1.165) is 24.0 Å². The number of nitrogens with one attached hydrogen (secondary N) is 1. The second kappa shape index (κ2) is 6.88. The number of carbonyl (C=O) groups is 1. The number of hydrogen-bond acceptors (Lipinski definition) is 3. The maximum atomic E-state index is 13.3. The molecule has 0 unspecified atom stereocenters. The van der Waals surface area contributed by atoms with Gasteiger partial charge >= 0.3 is 0 Å². The monoisotopic (exact) mass is 358 g/mol. The average molecular weight is 358 g/mol. The van der Waals surface area contributed by atoms with Gasteiger partial charge in [-0.3, -0.25) is 9.10 Å². The van der Waals surface area contributed by atoms with Crippen molar-refractivity contribution in [3.8, 4) is 0 Å². The summed E-state index contributed by atoms with van der Waals surface area (Å²) in [5.74, 6) is -0.246. The van der Waals surface area contributed by atoms with Crippen molar-refractivity contribution >= 4 is 21.6 Å². The summed E-state index contributed by atoms with van der Waals surface area (Å²) in [5.41, 5.74) is 3.01. The van der Waals surface area contributed by atoms with Gasteiger partial charge in [-0.25, -0.2) is 8.42 Å². The van der Waals surface area contributed by atoms with E-state index in [-0.39, 0.29) is 23.9 Å². The molecule has 2 aromatic rings. The molecule has 0 saturated carbocycles.